The van der Waals surface area contributed by atoms with Gasteiger partial charge in [0.15, 0.2) is 11.0 Å². The summed E-state index contributed by atoms with van der Waals surface area (Å²) in [5.74, 6) is 0.193. The minimum absolute atomic E-state index is 0.200. The highest BCUT2D eigenvalue weighted by atomic mass is 35.5. The number of nitrogens with one attached hydrogen (secondary N) is 1. The standard InChI is InChI=1S/C14H15ClN4O2/c1-2-21-11(20)7-9-3-5-10(6-4-9)19-14-12(16)13(15)17-8-18-14/h3-6,8H,2,7,16H2,1H3,(H,17,18,19). The van der Waals surface area contributed by atoms with Gasteiger partial charge in [0.2, 0.25) is 0 Å². The van der Waals surface area contributed by atoms with Crippen LogP contribution < -0.4 is 11.1 Å². The normalized spacial score (nSPS) is 10.2. The van der Waals surface area contributed by atoms with E-state index in [1.165, 1.54) is 6.33 Å². The number of hydrogen-bond donors (Lipinski definition) is 2. The fourth-order valence-electron chi connectivity index (χ4n) is 1.70. The summed E-state index contributed by atoms with van der Waals surface area (Å²) in [7, 11) is 0. The summed E-state index contributed by atoms with van der Waals surface area (Å²) in [4.78, 5) is 19.2. The molecule has 0 saturated heterocycles. The molecule has 0 saturated carbocycles. The van der Waals surface area contributed by atoms with Crippen molar-refractivity contribution in [3.63, 3.8) is 0 Å². The molecule has 0 radical (unpaired) electrons. The van der Waals surface area contributed by atoms with E-state index in [9.17, 15) is 4.79 Å². The van der Waals surface area contributed by atoms with Crippen LogP contribution in [0.4, 0.5) is 17.2 Å². The SMILES string of the molecule is CCOC(=O)Cc1ccc(Nc2ncnc(Cl)c2N)cc1. The summed E-state index contributed by atoms with van der Waals surface area (Å²) < 4.78 is 4.90. The molecular formula is C14H15ClN4O2. The van der Waals surface area contributed by atoms with Crippen molar-refractivity contribution in [3.8, 4) is 0 Å². The molecule has 0 unspecified atom stereocenters. The van der Waals surface area contributed by atoms with Gasteiger partial charge >= 0.3 is 5.97 Å². The van der Waals surface area contributed by atoms with Gasteiger partial charge in [-0.15, -0.1) is 0 Å². The number of hydrogen-bond acceptors (Lipinski definition) is 6. The van der Waals surface area contributed by atoms with Crippen LogP contribution in [0.3, 0.4) is 0 Å². The summed E-state index contributed by atoms with van der Waals surface area (Å²) >= 11 is 5.82. The van der Waals surface area contributed by atoms with Crippen molar-refractivity contribution in [3.05, 3.63) is 41.3 Å². The lowest BCUT2D eigenvalue weighted by Crippen LogP contribution is -2.07. The lowest BCUT2D eigenvalue weighted by atomic mass is 10.1. The van der Waals surface area contributed by atoms with E-state index < -0.39 is 0 Å². The van der Waals surface area contributed by atoms with Crippen LogP contribution in [0.5, 0.6) is 0 Å². The number of nitrogens with zero attached hydrogens (tertiary/aromatic N) is 2. The summed E-state index contributed by atoms with van der Waals surface area (Å²) in [6.45, 7) is 2.16. The number of nitrogens with two attached hydrogens (primary N) is 1. The van der Waals surface area contributed by atoms with Gasteiger partial charge in [-0.2, -0.15) is 0 Å². The second-order valence-corrected chi connectivity index (χ2v) is 4.59. The van der Waals surface area contributed by atoms with Crippen molar-refractivity contribution >= 4 is 34.8 Å². The first kappa shape index (κ1) is 15.1. The van der Waals surface area contributed by atoms with E-state index in [0.29, 0.717) is 12.4 Å². The molecule has 0 amide bonds. The quantitative estimate of drug-likeness (QED) is 0.652. The van der Waals surface area contributed by atoms with Gasteiger partial charge in [0, 0.05) is 5.69 Å². The van der Waals surface area contributed by atoms with E-state index in [1.807, 2.05) is 24.3 Å². The third kappa shape index (κ3) is 4.06. The van der Waals surface area contributed by atoms with Crippen molar-refractivity contribution in [2.45, 2.75) is 13.3 Å². The Balaban J connectivity index is 2.05. The lowest BCUT2D eigenvalue weighted by molar-refractivity contribution is -0.142. The Labute approximate surface area is 127 Å². The molecule has 3 N–H and O–H groups in total. The maximum Gasteiger partial charge on any atom is 0.310 e. The van der Waals surface area contributed by atoms with Crippen LogP contribution in [0.1, 0.15) is 12.5 Å². The highest BCUT2D eigenvalue weighted by molar-refractivity contribution is 6.32. The van der Waals surface area contributed by atoms with Crippen LogP contribution in [-0.4, -0.2) is 22.5 Å². The summed E-state index contributed by atoms with van der Waals surface area (Å²) in [5, 5.41) is 3.24. The molecule has 0 bridgehead atoms. The van der Waals surface area contributed by atoms with E-state index >= 15 is 0 Å². The molecule has 0 fully saturated rings. The van der Waals surface area contributed by atoms with E-state index in [4.69, 9.17) is 22.1 Å². The minimum atomic E-state index is -0.245. The Morgan fingerprint density at radius 3 is 2.71 bits per heavy atom. The molecule has 21 heavy (non-hydrogen) atoms. The predicted octanol–water partition coefficient (Wildman–Crippen LogP) is 2.56. The number of ether oxygens (including phenoxy) is 1. The highest BCUT2D eigenvalue weighted by Gasteiger charge is 2.07. The molecule has 0 aliphatic carbocycles. The van der Waals surface area contributed by atoms with Crippen molar-refractivity contribution in [1.29, 1.82) is 0 Å². The number of benzene rings is 1. The minimum Gasteiger partial charge on any atom is -0.466 e. The topological polar surface area (TPSA) is 90.1 Å². The zero-order valence-corrected chi connectivity index (χ0v) is 12.2. The Morgan fingerprint density at radius 1 is 1.33 bits per heavy atom. The van der Waals surface area contributed by atoms with E-state index in [2.05, 4.69) is 15.3 Å². The lowest BCUT2D eigenvalue weighted by Gasteiger charge is -2.09. The molecule has 1 heterocycles. The van der Waals surface area contributed by atoms with Gasteiger partial charge in [0.25, 0.3) is 0 Å². The van der Waals surface area contributed by atoms with E-state index in [0.717, 1.165) is 11.3 Å². The number of aromatic nitrogens is 2. The van der Waals surface area contributed by atoms with Crippen molar-refractivity contribution in [2.75, 3.05) is 17.7 Å². The summed E-state index contributed by atoms with van der Waals surface area (Å²) in [6.07, 6.45) is 1.58. The summed E-state index contributed by atoms with van der Waals surface area (Å²) in [5.41, 5.74) is 7.72. The maximum atomic E-state index is 11.4. The first-order valence-electron chi connectivity index (χ1n) is 6.37. The van der Waals surface area contributed by atoms with Crippen LogP contribution in [-0.2, 0) is 16.0 Å². The van der Waals surface area contributed by atoms with Gasteiger partial charge < -0.3 is 15.8 Å². The second-order valence-electron chi connectivity index (χ2n) is 4.23. The number of esters is 1. The largest absolute Gasteiger partial charge is 0.466 e. The number of anilines is 3. The molecule has 0 spiro atoms. The number of halogens is 1. The van der Waals surface area contributed by atoms with Gasteiger partial charge in [-0.25, -0.2) is 9.97 Å². The van der Waals surface area contributed by atoms with Gasteiger partial charge in [-0.1, -0.05) is 23.7 Å². The molecule has 0 aliphatic heterocycles. The Morgan fingerprint density at radius 2 is 2.05 bits per heavy atom. The molecule has 2 rings (SSSR count). The van der Waals surface area contributed by atoms with E-state index in [1.54, 1.807) is 6.92 Å². The number of rotatable bonds is 5. The van der Waals surface area contributed by atoms with Crippen LogP contribution in [0.2, 0.25) is 5.15 Å². The van der Waals surface area contributed by atoms with E-state index in [-0.39, 0.29) is 23.2 Å². The van der Waals surface area contributed by atoms with Gasteiger partial charge in [0.05, 0.1) is 13.0 Å². The zero-order chi connectivity index (χ0) is 15.2. The number of carbonyl (C=O) groups excluding carboxylic acids is 1. The fraction of sp³-hybridized carbons (Fsp3) is 0.214. The zero-order valence-electron chi connectivity index (χ0n) is 11.5. The fourth-order valence-corrected chi connectivity index (χ4v) is 1.83. The first-order valence-corrected chi connectivity index (χ1v) is 6.75. The Hall–Kier alpha value is -2.34. The van der Waals surface area contributed by atoms with Crippen LogP contribution >= 0.6 is 11.6 Å². The molecule has 110 valence electrons. The average Bonchev–Trinajstić information content (AvgIpc) is 2.46. The molecule has 6 nitrogen and oxygen atoms in total. The van der Waals surface area contributed by atoms with Gasteiger partial charge in [-0.05, 0) is 24.6 Å². The molecule has 0 atom stereocenters. The molecule has 0 aliphatic rings. The molecule has 7 heteroatoms. The third-order valence-corrected chi connectivity index (χ3v) is 3.01. The highest BCUT2D eigenvalue weighted by Crippen LogP contribution is 2.25. The Bertz CT molecular complexity index is 631. The van der Waals surface area contributed by atoms with Gasteiger partial charge in [0.1, 0.15) is 12.0 Å². The van der Waals surface area contributed by atoms with Crippen molar-refractivity contribution in [2.24, 2.45) is 0 Å². The average molecular weight is 307 g/mol. The van der Waals surface area contributed by atoms with Crippen molar-refractivity contribution in [1.82, 2.24) is 9.97 Å². The molecular weight excluding hydrogens is 292 g/mol. The number of nitrogen functional groups attached to an aromatic ring is 1. The predicted molar refractivity (Wildman–Crippen MR) is 81.5 cm³/mol. The first-order chi connectivity index (χ1) is 10.1. The van der Waals surface area contributed by atoms with Crippen molar-refractivity contribution < 1.29 is 9.53 Å². The maximum absolute atomic E-state index is 11.4. The smallest absolute Gasteiger partial charge is 0.310 e. The summed E-state index contributed by atoms with van der Waals surface area (Å²) in [6, 6.07) is 7.31. The molecule has 1 aromatic carbocycles. The second kappa shape index (κ2) is 6.90. The van der Waals surface area contributed by atoms with Crippen LogP contribution in [0.25, 0.3) is 0 Å². The van der Waals surface area contributed by atoms with Crippen LogP contribution in [0.15, 0.2) is 30.6 Å². The monoisotopic (exact) mass is 306 g/mol. The van der Waals surface area contributed by atoms with Crippen LogP contribution in [0, 0.1) is 0 Å². The molecule has 2 aromatic rings. The Kier molecular flexibility index (Phi) is 4.94. The third-order valence-electron chi connectivity index (χ3n) is 2.71. The van der Waals surface area contributed by atoms with Gasteiger partial charge in [-0.3, -0.25) is 4.79 Å². The number of carbonyl (C=O) groups is 1. The molecule has 1 aromatic heterocycles.